The molecule has 3 fully saturated rings. The zero-order valence-corrected chi connectivity index (χ0v) is 13.2. The van der Waals surface area contributed by atoms with Crippen molar-refractivity contribution in [3.63, 3.8) is 0 Å². The number of anilines is 1. The summed E-state index contributed by atoms with van der Waals surface area (Å²) in [6.07, 6.45) is 5.13. The summed E-state index contributed by atoms with van der Waals surface area (Å²) >= 11 is 0. The average Bonchev–Trinajstić information content (AvgIpc) is 3.47. The molecule has 1 aromatic heterocycles. The zero-order valence-electron chi connectivity index (χ0n) is 13.2. The van der Waals surface area contributed by atoms with Crippen molar-refractivity contribution in [2.24, 2.45) is 5.41 Å². The number of carbonyl (C=O) groups is 1. The van der Waals surface area contributed by atoms with Crippen LogP contribution in [0.25, 0.3) is 0 Å². The SMILES string of the molecule is COC(=O)c1ccc(C2(C)CO2)nc1N1CCC2(CC1)CC2. The molecule has 4 rings (SSSR count). The van der Waals surface area contributed by atoms with Crippen LogP contribution >= 0.6 is 0 Å². The topological polar surface area (TPSA) is 55.0 Å². The number of ether oxygens (including phenoxy) is 2. The van der Waals surface area contributed by atoms with E-state index in [2.05, 4.69) is 4.90 Å². The lowest BCUT2D eigenvalue weighted by Gasteiger charge is -2.34. The molecule has 0 radical (unpaired) electrons. The van der Waals surface area contributed by atoms with E-state index in [0.29, 0.717) is 17.6 Å². The molecular weight excluding hydrogens is 280 g/mol. The summed E-state index contributed by atoms with van der Waals surface area (Å²) in [7, 11) is 1.42. The lowest BCUT2D eigenvalue weighted by Crippen LogP contribution is -2.36. The van der Waals surface area contributed by atoms with Gasteiger partial charge in [-0.3, -0.25) is 0 Å². The number of pyridine rings is 1. The quantitative estimate of drug-likeness (QED) is 0.634. The first-order chi connectivity index (χ1) is 10.6. The molecule has 1 aliphatic carbocycles. The first kappa shape index (κ1) is 14.0. The largest absolute Gasteiger partial charge is 0.465 e. The van der Waals surface area contributed by atoms with Gasteiger partial charge >= 0.3 is 5.97 Å². The van der Waals surface area contributed by atoms with Crippen molar-refractivity contribution in [3.05, 3.63) is 23.4 Å². The number of esters is 1. The second-order valence-electron chi connectivity index (χ2n) is 7.07. The van der Waals surface area contributed by atoms with Crippen LogP contribution in [-0.2, 0) is 15.1 Å². The highest BCUT2D eigenvalue weighted by Gasteiger charge is 2.46. The number of rotatable bonds is 3. The van der Waals surface area contributed by atoms with E-state index in [4.69, 9.17) is 14.5 Å². The average molecular weight is 302 g/mol. The number of carbonyl (C=O) groups excluding carboxylic acids is 1. The molecule has 2 saturated heterocycles. The Kier molecular flexibility index (Phi) is 2.98. The molecule has 1 unspecified atom stereocenters. The summed E-state index contributed by atoms with van der Waals surface area (Å²) in [4.78, 5) is 19.1. The van der Waals surface area contributed by atoms with Crippen molar-refractivity contribution in [2.45, 2.75) is 38.2 Å². The molecule has 0 N–H and O–H groups in total. The van der Waals surface area contributed by atoms with Gasteiger partial charge in [-0.25, -0.2) is 9.78 Å². The number of nitrogens with zero attached hydrogens (tertiary/aromatic N) is 2. The summed E-state index contributed by atoms with van der Waals surface area (Å²) in [6.45, 7) is 4.67. The fraction of sp³-hybridized carbons (Fsp3) is 0.647. The fourth-order valence-corrected chi connectivity index (χ4v) is 3.38. The number of hydrogen-bond donors (Lipinski definition) is 0. The summed E-state index contributed by atoms with van der Waals surface area (Å²) in [6, 6.07) is 3.72. The molecule has 22 heavy (non-hydrogen) atoms. The Morgan fingerprint density at radius 2 is 1.95 bits per heavy atom. The molecule has 3 heterocycles. The van der Waals surface area contributed by atoms with Crippen molar-refractivity contribution in [1.29, 1.82) is 0 Å². The third kappa shape index (κ3) is 2.28. The van der Waals surface area contributed by atoms with Crippen molar-refractivity contribution >= 4 is 11.8 Å². The molecule has 3 aliphatic rings. The van der Waals surface area contributed by atoms with E-state index >= 15 is 0 Å². The third-order valence-electron chi connectivity index (χ3n) is 5.48. The molecule has 1 saturated carbocycles. The molecule has 0 amide bonds. The molecule has 0 aromatic carbocycles. The number of piperidine rings is 1. The number of epoxide rings is 1. The molecule has 5 nitrogen and oxygen atoms in total. The van der Waals surface area contributed by atoms with Gasteiger partial charge in [-0.15, -0.1) is 0 Å². The van der Waals surface area contributed by atoms with E-state index in [1.807, 2.05) is 19.1 Å². The number of hydrogen-bond acceptors (Lipinski definition) is 5. The van der Waals surface area contributed by atoms with Crippen LogP contribution in [0.1, 0.15) is 48.7 Å². The van der Waals surface area contributed by atoms with E-state index in [1.165, 1.54) is 32.8 Å². The van der Waals surface area contributed by atoms with Crippen LogP contribution in [0.3, 0.4) is 0 Å². The van der Waals surface area contributed by atoms with Crippen LogP contribution in [0.15, 0.2) is 12.1 Å². The second-order valence-corrected chi connectivity index (χ2v) is 7.07. The van der Waals surface area contributed by atoms with E-state index < -0.39 is 0 Å². The Labute approximate surface area is 130 Å². The van der Waals surface area contributed by atoms with Crippen LogP contribution in [0.2, 0.25) is 0 Å². The highest BCUT2D eigenvalue weighted by molar-refractivity contribution is 5.94. The van der Waals surface area contributed by atoms with Gasteiger partial charge in [0.05, 0.1) is 19.4 Å². The molecule has 1 aromatic rings. The highest BCUT2D eigenvalue weighted by atomic mass is 16.6. The predicted molar refractivity (Wildman–Crippen MR) is 82.0 cm³/mol. The molecule has 1 atom stereocenters. The van der Waals surface area contributed by atoms with Gasteiger partial charge in [0, 0.05) is 13.1 Å². The van der Waals surface area contributed by atoms with Crippen LogP contribution in [0, 0.1) is 5.41 Å². The maximum Gasteiger partial charge on any atom is 0.341 e. The Hall–Kier alpha value is -1.62. The van der Waals surface area contributed by atoms with Gasteiger partial charge in [0.1, 0.15) is 17.0 Å². The van der Waals surface area contributed by atoms with Crippen molar-refractivity contribution in [3.8, 4) is 0 Å². The second kappa shape index (κ2) is 4.69. The minimum atomic E-state index is -0.317. The molecule has 1 spiro atoms. The standard InChI is InChI=1S/C17H22N2O3/c1-16(11-22-16)13-4-3-12(15(20)21-2)14(18-13)19-9-7-17(5-6-17)8-10-19/h3-4H,5-11H2,1-2H3. The van der Waals surface area contributed by atoms with Gasteiger partial charge in [-0.2, -0.15) is 0 Å². The van der Waals surface area contributed by atoms with Crippen molar-refractivity contribution in [2.75, 3.05) is 31.7 Å². The zero-order chi connectivity index (χ0) is 15.4. The van der Waals surface area contributed by atoms with Crippen molar-refractivity contribution < 1.29 is 14.3 Å². The predicted octanol–water partition coefficient (Wildman–Crippen LogP) is 2.49. The molecular formula is C17H22N2O3. The summed E-state index contributed by atoms with van der Waals surface area (Å²) in [5, 5.41) is 0. The highest BCUT2D eigenvalue weighted by Crippen LogP contribution is 2.54. The van der Waals surface area contributed by atoms with E-state index in [9.17, 15) is 4.79 Å². The van der Waals surface area contributed by atoms with Gasteiger partial charge < -0.3 is 14.4 Å². The smallest absolute Gasteiger partial charge is 0.341 e. The fourth-order valence-electron chi connectivity index (χ4n) is 3.38. The minimum absolute atomic E-state index is 0.281. The summed E-state index contributed by atoms with van der Waals surface area (Å²) < 4.78 is 10.4. The first-order valence-electron chi connectivity index (χ1n) is 8.04. The van der Waals surface area contributed by atoms with Gasteiger partial charge in [-0.05, 0) is 50.2 Å². The van der Waals surface area contributed by atoms with Crippen LogP contribution in [-0.4, -0.2) is 37.8 Å². The maximum absolute atomic E-state index is 12.1. The first-order valence-corrected chi connectivity index (χ1v) is 8.04. The number of aromatic nitrogens is 1. The lowest BCUT2D eigenvalue weighted by molar-refractivity contribution is 0.0600. The van der Waals surface area contributed by atoms with Gasteiger partial charge in [0.2, 0.25) is 0 Å². The normalized spacial score (nSPS) is 28.5. The van der Waals surface area contributed by atoms with Crippen LogP contribution in [0.5, 0.6) is 0 Å². The molecule has 2 aliphatic heterocycles. The van der Waals surface area contributed by atoms with Crippen molar-refractivity contribution in [1.82, 2.24) is 4.98 Å². The molecule has 118 valence electrons. The maximum atomic E-state index is 12.1. The van der Waals surface area contributed by atoms with Gasteiger partial charge in [-0.1, -0.05) is 0 Å². The lowest BCUT2D eigenvalue weighted by atomic mass is 9.93. The summed E-state index contributed by atoms with van der Waals surface area (Å²) in [5.74, 6) is 0.444. The van der Waals surface area contributed by atoms with Gasteiger partial charge in [0.15, 0.2) is 0 Å². The third-order valence-corrected chi connectivity index (χ3v) is 5.48. The van der Waals surface area contributed by atoms with E-state index in [-0.39, 0.29) is 11.6 Å². The molecule has 5 heteroatoms. The minimum Gasteiger partial charge on any atom is -0.465 e. The summed E-state index contributed by atoms with van der Waals surface area (Å²) in [5.41, 5.74) is 1.78. The Morgan fingerprint density at radius 1 is 1.27 bits per heavy atom. The number of methoxy groups -OCH3 is 1. The van der Waals surface area contributed by atoms with Crippen LogP contribution in [0.4, 0.5) is 5.82 Å². The molecule has 0 bridgehead atoms. The monoisotopic (exact) mass is 302 g/mol. The Morgan fingerprint density at radius 3 is 2.50 bits per heavy atom. The Balaban J connectivity index is 1.66. The van der Waals surface area contributed by atoms with E-state index in [0.717, 1.165) is 24.6 Å². The van der Waals surface area contributed by atoms with Crippen LogP contribution < -0.4 is 4.90 Å². The van der Waals surface area contributed by atoms with E-state index in [1.54, 1.807) is 0 Å². The van der Waals surface area contributed by atoms with Gasteiger partial charge in [0.25, 0.3) is 0 Å². The Bertz CT molecular complexity index is 610.